The van der Waals surface area contributed by atoms with Gasteiger partial charge in [0, 0.05) is 25.0 Å². The van der Waals surface area contributed by atoms with Gasteiger partial charge in [0.15, 0.2) is 0 Å². The van der Waals surface area contributed by atoms with Gasteiger partial charge in [0.1, 0.15) is 0 Å². The fourth-order valence-electron chi connectivity index (χ4n) is 1.56. The lowest BCUT2D eigenvalue weighted by Crippen LogP contribution is -2.29. The van der Waals surface area contributed by atoms with E-state index in [4.69, 9.17) is 0 Å². The number of hydrogen-bond donors (Lipinski definition) is 1. The van der Waals surface area contributed by atoms with Crippen molar-refractivity contribution >= 4 is 0 Å². The third-order valence-electron chi connectivity index (χ3n) is 2.54. The molecule has 0 bridgehead atoms. The average molecular weight is 195 g/mol. The Balaban J connectivity index is 2.04. The van der Waals surface area contributed by atoms with Crippen LogP contribution in [0.2, 0.25) is 0 Å². The average Bonchev–Trinajstić information content (AvgIpc) is 2.71. The minimum absolute atomic E-state index is 0.688. The van der Waals surface area contributed by atoms with E-state index in [-0.39, 0.29) is 0 Å². The van der Waals surface area contributed by atoms with Gasteiger partial charge in [-0.25, -0.2) is 0 Å². The molecule has 0 aromatic carbocycles. The van der Waals surface area contributed by atoms with Gasteiger partial charge in [0.2, 0.25) is 0 Å². The van der Waals surface area contributed by atoms with Crippen molar-refractivity contribution < 1.29 is 0 Å². The fourth-order valence-corrected chi connectivity index (χ4v) is 1.56. The molecule has 80 valence electrons. The monoisotopic (exact) mass is 195 g/mol. The van der Waals surface area contributed by atoms with Crippen LogP contribution in [0.5, 0.6) is 0 Å². The van der Waals surface area contributed by atoms with Crippen molar-refractivity contribution in [3.05, 3.63) is 18.5 Å². The summed E-state index contributed by atoms with van der Waals surface area (Å²) in [5, 5.41) is 7.70. The van der Waals surface area contributed by atoms with E-state index in [9.17, 15) is 0 Å². The van der Waals surface area contributed by atoms with Crippen molar-refractivity contribution in [3.63, 3.8) is 0 Å². The first-order chi connectivity index (χ1) is 6.86. The third kappa shape index (κ3) is 3.92. The van der Waals surface area contributed by atoms with Gasteiger partial charge in [-0.05, 0) is 31.9 Å². The molecule has 0 aliphatic heterocycles. The van der Waals surface area contributed by atoms with E-state index in [0.29, 0.717) is 6.04 Å². The van der Waals surface area contributed by atoms with Crippen LogP contribution in [0, 0.1) is 0 Å². The second-order valence-corrected chi connectivity index (χ2v) is 3.59. The number of nitrogens with zero attached hydrogens (tertiary/aromatic N) is 2. The zero-order valence-electron chi connectivity index (χ0n) is 9.24. The summed E-state index contributed by atoms with van der Waals surface area (Å²) >= 11 is 0. The smallest absolute Gasteiger partial charge is 0.0489 e. The highest BCUT2D eigenvalue weighted by atomic mass is 15.3. The second kappa shape index (κ2) is 6.60. The Hall–Kier alpha value is -0.830. The van der Waals surface area contributed by atoms with Crippen LogP contribution in [-0.4, -0.2) is 22.4 Å². The summed E-state index contributed by atoms with van der Waals surface area (Å²) < 4.78 is 1.98. The van der Waals surface area contributed by atoms with Gasteiger partial charge in [-0.1, -0.05) is 13.8 Å². The van der Waals surface area contributed by atoms with Crippen LogP contribution in [0.25, 0.3) is 0 Å². The van der Waals surface area contributed by atoms with E-state index >= 15 is 0 Å². The molecular formula is C11H21N3. The van der Waals surface area contributed by atoms with E-state index in [0.717, 1.165) is 19.5 Å². The van der Waals surface area contributed by atoms with Crippen LogP contribution in [0.3, 0.4) is 0 Å². The Kier molecular flexibility index (Phi) is 5.30. The molecule has 1 N–H and O–H groups in total. The topological polar surface area (TPSA) is 29.9 Å². The van der Waals surface area contributed by atoms with Crippen LogP contribution < -0.4 is 5.32 Å². The van der Waals surface area contributed by atoms with E-state index in [1.807, 2.05) is 23.1 Å². The van der Waals surface area contributed by atoms with Crippen LogP contribution in [-0.2, 0) is 6.54 Å². The van der Waals surface area contributed by atoms with Gasteiger partial charge in [0.25, 0.3) is 0 Å². The first kappa shape index (κ1) is 11.2. The van der Waals surface area contributed by atoms with Crippen LogP contribution in [0.1, 0.15) is 33.1 Å². The number of nitrogens with one attached hydrogen (secondary N) is 1. The minimum atomic E-state index is 0.688. The zero-order chi connectivity index (χ0) is 10.2. The first-order valence-electron chi connectivity index (χ1n) is 5.57. The molecule has 0 aliphatic carbocycles. The maximum atomic E-state index is 4.16. The molecular weight excluding hydrogens is 174 g/mol. The van der Waals surface area contributed by atoms with Crippen LogP contribution >= 0.6 is 0 Å². The van der Waals surface area contributed by atoms with Crippen LogP contribution in [0.15, 0.2) is 18.5 Å². The highest BCUT2D eigenvalue weighted by Crippen LogP contribution is 1.96. The van der Waals surface area contributed by atoms with Crippen molar-refractivity contribution in [1.82, 2.24) is 15.1 Å². The lowest BCUT2D eigenvalue weighted by atomic mass is 10.2. The highest BCUT2D eigenvalue weighted by molar-refractivity contribution is 4.77. The Morgan fingerprint density at radius 2 is 2.14 bits per heavy atom. The van der Waals surface area contributed by atoms with E-state index in [1.54, 1.807) is 0 Å². The number of rotatable bonds is 7. The summed E-state index contributed by atoms with van der Waals surface area (Å²) in [5.41, 5.74) is 0. The van der Waals surface area contributed by atoms with Crippen molar-refractivity contribution in [2.75, 3.05) is 6.54 Å². The van der Waals surface area contributed by atoms with Crippen molar-refractivity contribution in [3.8, 4) is 0 Å². The predicted octanol–water partition coefficient (Wildman–Crippen LogP) is 2.05. The molecule has 1 aromatic rings. The summed E-state index contributed by atoms with van der Waals surface area (Å²) in [6, 6.07) is 2.65. The Morgan fingerprint density at radius 3 is 2.71 bits per heavy atom. The van der Waals surface area contributed by atoms with Gasteiger partial charge in [-0.15, -0.1) is 0 Å². The molecule has 0 saturated heterocycles. The third-order valence-corrected chi connectivity index (χ3v) is 2.54. The standard InChI is InChI=1S/C11H21N3/c1-3-11(4-2)12-7-5-9-14-10-6-8-13-14/h6,8,10-12H,3-5,7,9H2,1-2H3. The molecule has 3 heteroatoms. The molecule has 0 amide bonds. The lowest BCUT2D eigenvalue weighted by Gasteiger charge is -2.14. The van der Waals surface area contributed by atoms with Crippen molar-refractivity contribution in [2.45, 2.75) is 45.7 Å². The summed E-state index contributed by atoms with van der Waals surface area (Å²) in [7, 11) is 0. The van der Waals surface area contributed by atoms with Gasteiger partial charge in [0.05, 0.1) is 0 Å². The molecule has 1 rings (SSSR count). The first-order valence-corrected chi connectivity index (χ1v) is 5.57. The molecule has 0 saturated carbocycles. The number of aromatic nitrogens is 2. The van der Waals surface area contributed by atoms with Gasteiger partial charge in [-0.2, -0.15) is 5.10 Å². The Bertz CT molecular complexity index is 214. The molecule has 0 atom stereocenters. The van der Waals surface area contributed by atoms with Gasteiger partial charge in [-0.3, -0.25) is 4.68 Å². The summed E-state index contributed by atoms with van der Waals surface area (Å²) in [4.78, 5) is 0. The molecule has 3 nitrogen and oxygen atoms in total. The summed E-state index contributed by atoms with van der Waals surface area (Å²) in [6.07, 6.45) is 7.43. The molecule has 0 radical (unpaired) electrons. The summed E-state index contributed by atoms with van der Waals surface area (Å²) in [5.74, 6) is 0. The molecule has 0 fully saturated rings. The van der Waals surface area contributed by atoms with E-state index < -0.39 is 0 Å². The zero-order valence-corrected chi connectivity index (χ0v) is 9.24. The predicted molar refractivity (Wildman–Crippen MR) is 59.2 cm³/mol. The largest absolute Gasteiger partial charge is 0.314 e. The molecule has 0 spiro atoms. The normalized spacial score (nSPS) is 11.1. The SMILES string of the molecule is CCC(CC)NCCCn1cccn1. The maximum absolute atomic E-state index is 4.16. The van der Waals surface area contributed by atoms with Crippen molar-refractivity contribution in [1.29, 1.82) is 0 Å². The molecule has 0 aliphatic rings. The van der Waals surface area contributed by atoms with E-state index in [1.165, 1.54) is 12.8 Å². The second-order valence-electron chi connectivity index (χ2n) is 3.59. The van der Waals surface area contributed by atoms with Gasteiger partial charge < -0.3 is 5.32 Å². The Morgan fingerprint density at radius 1 is 1.36 bits per heavy atom. The maximum Gasteiger partial charge on any atom is 0.0489 e. The van der Waals surface area contributed by atoms with Gasteiger partial charge >= 0.3 is 0 Å². The van der Waals surface area contributed by atoms with Crippen molar-refractivity contribution in [2.24, 2.45) is 0 Å². The number of hydrogen-bond acceptors (Lipinski definition) is 2. The molecule has 1 aromatic heterocycles. The Labute approximate surface area is 86.5 Å². The number of aryl methyl sites for hydroxylation is 1. The molecule has 14 heavy (non-hydrogen) atoms. The molecule has 0 unspecified atom stereocenters. The quantitative estimate of drug-likeness (QED) is 0.675. The molecule has 1 heterocycles. The fraction of sp³-hybridized carbons (Fsp3) is 0.727. The lowest BCUT2D eigenvalue weighted by molar-refractivity contribution is 0.458. The summed E-state index contributed by atoms with van der Waals surface area (Å²) in [6.45, 7) is 6.57. The highest BCUT2D eigenvalue weighted by Gasteiger charge is 2.00. The van der Waals surface area contributed by atoms with Crippen LogP contribution in [0.4, 0.5) is 0 Å². The van der Waals surface area contributed by atoms with E-state index in [2.05, 4.69) is 24.3 Å². The minimum Gasteiger partial charge on any atom is -0.314 e.